The first-order valence-corrected chi connectivity index (χ1v) is 10.8. The number of anilines is 1. The van der Waals surface area contributed by atoms with Crippen molar-refractivity contribution in [2.24, 2.45) is 5.92 Å². The molecule has 0 unspecified atom stereocenters. The first-order valence-electron chi connectivity index (χ1n) is 7.31. The number of benzene rings is 1. The van der Waals surface area contributed by atoms with E-state index in [1.54, 1.807) is 0 Å². The van der Waals surface area contributed by atoms with E-state index in [4.69, 9.17) is 0 Å². The van der Waals surface area contributed by atoms with Crippen molar-refractivity contribution in [1.82, 2.24) is 4.31 Å². The van der Waals surface area contributed by atoms with E-state index in [0.717, 1.165) is 30.3 Å². The summed E-state index contributed by atoms with van der Waals surface area (Å²) in [6.45, 7) is 1.10. The van der Waals surface area contributed by atoms with Crippen LogP contribution in [0.3, 0.4) is 0 Å². The van der Waals surface area contributed by atoms with Crippen molar-refractivity contribution < 1.29 is 16.8 Å². The minimum atomic E-state index is -3.41. The van der Waals surface area contributed by atoms with E-state index in [-0.39, 0.29) is 11.7 Å². The number of para-hydroxylation sites is 1. The van der Waals surface area contributed by atoms with Gasteiger partial charge in [-0.3, -0.25) is 4.31 Å². The molecule has 6 nitrogen and oxygen atoms in total. The number of fused-ring (bicyclic) bond motifs is 1. The molecule has 0 aromatic heterocycles. The van der Waals surface area contributed by atoms with Gasteiger partial charge in [0.2, 0.25) is 20.0 Å². The molecule has 2 heterocycles. The van der Waals surface area contributed by atoms with Gasteiger partial charge in [-0.05, 0) is 24.5 Å². The van der Waals surface area contributed by atoms with Crippen molar-refractivity contribution >= 4 is 25.7 Å². The predicted octanol–water partition coefficient (Wildman–Crippen LogP) is 0.660. The summed E-state index contributed by atoms with van der Waals surface area (Å²) in [5, 5.41) is 0. The Bertz CT molecular complexity index is 768. The first-order chi connectivity index (χ1) is 10.3. The third kappa shape index (κ3) is 3.00. The van der Waals surface area contributed by atoms with Crippen LogP contribution in [-0.4, -0.2) is 52.8 Å². The maximum Gasteiger partial charge on any atom is 0.235 e. The SMILES string of the molecule is CS(=O)(=O)N1CC(CS(=O)(=O)N2CCCc3ccccc32)C1. The highest BCUT2D eigenvalue weighted by Gasteiger charge is 2.38. The van der Waals surface area contributed by atoms with Gasteiger partial charge in [0, 0.05) is 25.6 Å². The molecule has 0 aliphatic carbocycles. The maximum atomic E-state index is 12.7. The molecule has 3 rings (SSSR count). The molecule has 1 fully saturated rings. The van der Waals surface area contributed by atoms with Crippen LogP contribution in [-0.2, 0) is 26.5 Å². The molecule has 0 amide bonds. The second kappa shape index (κ2) is 5.50. The van der Waals surface area contributed by atoms with Crippen LogP contribution >= 0.6 is 0 Å². The average molecular weight is 344 g/mol. The third-order valence-corrected chi connectivity index (χ3v) is 7.42. The van der Waals surface area contributed by atoms with E-state index in [2.05, 4.69) is 0 Å². The fraction of sp³-hybridized carbons (Fsp3) is 0.571. The van der Waals surface area contributed by atoms with E-state index in [9.17, 15) is 16.8 Å². The van der Waals surface area contributed by atoms with Crippen LogP contribution in [0.25, 0.3) is 0 Å². The summed E-state index contributed by atoms with van der Waals surface area (Å²) in [4.78, 5) is 0. The summed E-state index contributed by atoms with van der Waals surface area (Å²) in [6, 6.07) is 7.58. The molecule has 22 heavy (non-hydrogen) atoms. The van der Waals surface area contributed by atoms with Gasteiger partial charge < -0.3 is 0 Å². The Hall–Kier alpha value is -1.12. The average Bonchev–Trinajstić information content (AvgIpc) is 2.40. The summed E-state index contributed by atoms with van der Waals surface area (Å²) >= 11 is 0. The molecule has 122 valence electrons. The van der Waals surface area contributed by atoms with Gasteiger partial charge in [0.1, 0.15) is 0 Å². The van der Waals surface area contributed by atoms with E-state index >= 15 is 0 Å². The Balaban J connectivity index is 1.73. The van der Waals surface area contributed by atoms with E-state index < -0.39 is 20.0 Å². The summed E-state index contributed by atoms with van der Waals surface area (Å²) in [7, 11) is -6.62. The molecule has 0 bridgehead atoms. The second-order valence-corrected chi connectivity index (χ2v) is 9.95. The number of nitrogens with zero attached hydrogens (tertiary/aromatic N) is 2. The third-order valence-electron chi connectivity index (χ3n) is 4.24. The Morgan fingerprint density at radius 2 is 1.82 bits per heavy atom. The zero-order valence-electron chi connectivity index (χ0n) is 12.5. The van der Waals surface area contributed by atoms with Crippen LogP contribution in [0, 0.1) is 5.92 Å². The van der Waals surface area contributed by atoms with Crippen molar-refractivity contribution in [2.75, 3.05) is 35.9 Å². The molecular weight excluding hydrogens is 324 g/mol. The Morgan fingerprint density at radius 1 is 1.14 bits per heavy atom. The number of sulfonamides is 2. The van der Waals surface area contributed by atoms with Gasteiger partial charge in [0.05, 0.1) is 17.7 Å². The smallest absolute Gasteiger partial charge is 0.235 e. The first kappa shape index (κ1) is 15.8. The molecule has 0 N–H and O–H groups in total. The highest BCUT2D eigenvalue weighted by molar-refractivity contribution is 7.92. The molecule has 0 atom stereocenters. The van der Waals surface area contributed by atoms with Gasteiger partial charge in [0.25, 0.3) is 0 Å². The van der Waals surface area contributed by atoms with Gasteiger partial charge in [0.15, 0.2) is 0 Å². The lowest BCUT2D eigenvalue weighted by Crippen LogP contribution is -2.53. The summed E-state index contributed by atoms with van der Waals surface area (Å²) < 4.78 is 50.9. The minimum Gasteiger partial charge on any atom is -0.270 e. The largest absolute Gasteiger partial charge is 0.270 e. The Kier molecular flexibility index (Phi) is 3.94. The zero-order chi connectivity index (χ0) is 16.0. The standard InChI is InChI=1S/C14H20N2O4S2/c1-21(17,18)15-9-12(10-15)11-22(19,20)16-8-4-6-13-5-2-3-7-14(13)16/h2-3,5,7,12H,4,6,8-11H2,1H3. The molecule has 0 saturated carbocycles. The molecule has 1 aromatic rings. The van der Waals surface area contributed by atoms with Crippen molar-refractivity contribution in [1.29, 1.82) is 0 Å². The minimum absolute atomic E-state index is 0.00730. The summed E-state index contributed by atoms with van der Waals surface area (Å²) in [6.07, 6.45) is 2.86. The van der Waals surface area contributed by atoms with Crippen molar-refractivity contribution in [2.45, 2.75) is 12.8 Å². The van der Waals surface area contributed by atoms with Crippen molar-refractivity contribution in [3.63, 3.8) is 0 Å². The highest BCUT2D eigenvalue weighted by atomic mass is 32.2. The van der Waals surface area contributed by atoms with Crippen LogP contribution in [0.2, 0.25) is 0 Å². The van der Waals surface area contributed by atoms with E-state index in [1.165, 1.54) is 8.61 Å². The van der Waals surface area contributed by atoms with Gasteiger partial charge in [-0.25, -0.2) is 21.1 Å². The fourth-order valence-corrected chi connectivity index (χ4v) is 5.91. The lowest BCUT2D eigenvalue weighted by atomic mass is 10.0. The molecular formula is C14H20N2O4S2. The van der Waals surface area contributed by atoms with Crippen LogP contribution < -0.4 is 4.31 Å². The van der Waals surface area contributed by atoms with Gasteiger partial charge in [-0.15, -0.1) is 0 Å². The van der Waals surface area contributed by atoms with Crippen LogP contribution in [0.5, 0.6) is 0 Å². The van der Waals surface area contributed by atoms with Crippen molar-refractivity contribution in [3.05, 3.63) is 29.8 Å². The quantitative estimate of drug-likeness (QED) is 0.804. The van der Waals surface area contributed by atoms with Crippen LogP contribution in [0.15, 0.2) is 24.3 Å². The number of aryl methyl sites for hydroxylation is 1. The van der Waals surface area contributed by atoms with Gasteiger partial charge in [-0.2, -0.15) is 0 Å². The Morgan fingerprint density at radius 3 is 2.50 bits per heavy atom. The molecule has 2 aliphatic rings. The van der Waals surface area contributed by atoms with E-state index in [0.29, 0.717) is 19.6 Å². The predicted molar refractivity (Wildman–Crippen MR) is 85.8 cm³/mol. The van der Waals surface area contributed by atoms with Crippen molar-refractivity contribution in [3.8, 4) is 0 Å². The molecule has 0 radical (unpaired) electrons. The van der Waals surface area contributed by atoms with Gasteiger partial charge in [-0.1, -0.05) is 18.2 Å². The van der Waals surface area contributed by atoms with E-state index in [1.807, 2.05) is 24.3 Å². The lowest BCUT2D eigenvalue weighted by Gasteiger charge is -2.39. The normalized spacial score (nSPS) is 20.5. The maximum absolute atomic E-state index is 12.7. The number of hydrogen-bond acceptors (Lipinski definition) is 4. The fourth-order valence-electron chi connectivity index (χ4n) is 3.07. The van der Waals surface area contributed by atoms with Crippen LogP contribution in [0.1, 0.15) is 12.0 Å². The summed E-state index contributed by atoms with van der Waals surface area (Å²) in [5.41, 5.74) is 1.83. The zero-order valence-corrected chi connectivity index (χ0v) is 14.1. The highest BCUT2D eigenvalue weighted by Crippen LogP contribution is 2.31. The second-order valence-electron chi connectivity index (χ2n) is 6.03. The van der Waals surface area contributed by atoms with Gasteiger partial charge >= 0.3 is 0 Å². The Labute approximate surface area is 131 Å². The number of rotatable bonds is 4. The topological polar surface area (TPSA) is 74.8 Å². The molecule has 1 aromatic carbocycles. The number of hydrogen-bond donors (Lipinski definition) is 0. The monoisotopic (exact) mass is 344 g/mol. The molecule has 0 spiro atoms. The summed E-state index contributed by atoms with van der Waals surface area (Å²) in [5.74, 6) is -0.110. The van der Waals surface area contributed by atoms with Crippen LogP contribution in [0.4, 0.5) is 5.69 Å². The molecule has 2 aliphatic heterocycles. The molecule has 8 heteroatoms. The lowest BCUT2D eigenvalue weighted by molar-refractivity contribution is 0.221. The molecule has 1 saturated heterocycles.